The first-order valence-electron chi connectivity index (χ1n) is 8.29. The highest BCUT2D eigenvalue weighted by Crippen LogP contribution is 2.37. The molecule has 0 aliphatic heterocycles. The average Bonchev–Trinajstić information content (AvgIpc) is 2.82. The Bertz CT molecular complexity index is 539. The quantitative estimate of drug-likeness (QED) is 0.804. The number of ether oxygens (including phenoxy) is 1. The standard InChI is InChI=1S/C17H27ClN2O2S/c1-5-11(20-16(21)22-17(2,3)4)10-19-13-7-6-8-14-12(13)9-15(18)23-14/h9,11,13,19H,5-8,10H2,1-4H3,(H,20,21). The maximum atomic E-state index is 11.9. The number of fused-ring (bicyclic) bond motifs is 1. The minimum Gasteiger partial charge on any atom is -0.444 e. The van der Waals surface area contributed by atoms with Crippen LogP contribution < -0.4 is 10.6 Å². The fourth-order valence-corrected chi connectivity index (χ4v) is 4.17. The third-order valence-electron chi connectivity index (χ3n) is 3.91. The third-order valence-corrected chi connectivity index (χ3v) is 5.25. The van der Waals surface area contributed by atoms with Crippen LogP contribution in [0.1, 0.15) is 63.4 Å². The van der Waals surface area contributed by atoms with Gasteiger partial charge in [0.2, 0.25) is 0 Å². The fourth-order valence-electron chi connectivity index (χ4n) is 2.79. The van der Waals surface area contributed by atoms with Crippen LogP contribution in [-0.2, 0) is 11.2 Å². The lowest BCUT2D eigenvalue weighted by Crippen LogP contribution is -2.44. The van der Waals surface area contributed by atoms with Crippen molar-refractivity contribution >= 4 is 29.0 Å². The van der Waals surface area contributed by atoms with Gasteiger partial charge in [0.15, 0.2) is 0 Å². The summed E-state index contributed by atoms with van der Waals surface area (Å²) >= 11 is 7.84. The van der Waals surface area contributed by atoms with Crippen molar-refractivity contribution in [2.75, 3.05) is 6.54 Å². The summed E-state index contributed by atoms with van der Waals surface area (Å²) in [4.78, 5) is 13.3. The zero-order chi connectivity index (χ0) is 17.0. The topological polar surface area (TPSA) is 50.4 Å². The van der Waals surface area contributed by atoms with Gasteiger partial charge in [-0.25, -0.2) is 4.79 Å². The van der Waals surface area contributed by atoms with Crippen molar-refractivity contribution in [3.8, 4) is 0 Å². The van der Waals surface area contributed by atoms with Crippen molar-refractivity contribution < 1.29 is 9.53 Å². The molecule has 0 aromatic carbocycles. The maximum absolute atomic E-state index is 11.9. The number of carbonyl (C=O) groups excluding carboxylic acids is 1. The second-order valence-corrected chi connectivity index (χ2v) is 8.80. The molecular weight excluding hydrogens is 332 g/mol. The number of amides is 1. The van der Waals surface area contributed by atoms with Crippen LogP contribution in [0.15, 0.2) is 6.07 Å². The number of rotatable bonds is 5. The largest absolute Gasteiger partial charge is 0.444 e. The summed E-state index contributed by atoms with van der Waals surface area (Å²) in [5, 5.41) is 6.53. The predicted octanol–water partition coefficient (Wildman–Crippen LogP) is 4.67. The zero-order valence-electron chi connectivity index (χ0n) is 14.4. The first kappa shape index (κ1) is 18.6. The molecule has 130 valence electrons. The average molecular weight is 359 g/mol. The van der Waals surface area contributed by atoms with E-state index in [4.69, 9.17) is 16.3 Å². The monoisotopic (exact) mass is 358 g/mol. The molecule has 23 heavy (non-hydrogen) atoms. The Morgan fingerprint density at radius 2 is 2.26 bits per heavy atom. The number of carbonyl (C=O) groups is 1. The van der Waals surface area contributed by atoms with Crippen LogP contribution in [0.4, 0.5) is 4.79 Å². The van der Waals surface area contributed by atoms with Gasteiger partial charge in [0.1, 0.15) is 5.60 Å². The molecule has 1 amide bonds. The molecule has 2 unspecified atom stereocenters. The molecule has 0 fully saturated rings. The Morgan fingerprint density at radius 1 is 1.52 bits per heavy atom. The van der Waals surface area contributed by atoms with E-state index in [-0.39, 0.29) is 12.1 Å². The smallest absolute Gasteiger partial charge is 0.407 e. The van der Waals surface area contributed by atoms with Crippen LogP contribution in [0.5, 0.6) is 0 Å². The summed E-state index contributed by atoms with van der Waals surface area (Å²) < 4.78 is 6.19. The van der Waals surface area contributed by atoms with Crippen molar-refractivity contribution in [2.45, 2.75) is 71.1 Å². The first-order chi connectivity index (χ1) is 10.8. The van der Waals surface area contributed by atoms with E-state index in [1.165, 1.54) is 16.9 Å². The number of aryl methyl sites for hydroxylation is 1. The summed E-state index contributed by atoms with van der Waals surface area (Å²) in [5.74, 6) is 0. The summed E-state index contributed by atoms with van der Waals surface area (Å²) in [5.41, 5.74) is 0.861. The molecule has 0 spiro atoms. The van der Waals surface area contributed by atoms with E-state index in [1.54, 1.807) is 11.3 Å². The van der Waals surface area contributed by atoms with Gasteiger partial charge < -0.3 is 15.4 Å². The summed E-state index contributed by atoms with van der Waals surface area (Å²) in [6, 6.07) is 2.47. The number of alkyl carbamates (subject to hydrolysis) is 1. The molecule has 1 aromatic heterocycles. The van der Waals surface area contributed by atoms with E-state index in [0.29, 0.717) is 6.04 Å². The van der Waals surface area contributed by atoms with Crippen LogP contribution in [0.25, 0.3) is 0 Å². The Morgan fingerprint density at radius 3 is 2.91 bits per heavy atom. The molecule has 0 bridgehead atoms. The molecule has 4 nitrogen and oxygen atoms in total. The van der Waals surface area contributed by atoms with Gasteiger partial charge in [0.25, 0.3) is 0 Å². The molecule has 2 atom stereocenters. The maximum Gasteiger partial charge on any atom is 0.407 e. The van der Waals surface area contributed by atoms with Crippen LogP contribution >= 0.6 is 22.9 Å². The molecule has 2 N–H and O–H groups in total. The zero-order valence-corrected chi connectivity index (χ0v) is 15.9. The molecule has 6 heteroatoms. The fraction of sp³-hybridized carbons (Fsp3) is 0.706. The highest BCUT2D eigenvalue weighted by Gasteiger charge is 2.24. The third kappa shape index (κ3) is 5.66. The van der Waals surface area contributed by atoms with Gasteiger partial charge in [0, 0.05) is 23.5 Å². The molecule has 1 heterocycles. The number of hydrogen-bond donors (Lipinski definition) is 2. The van der Waals surface area contributed by atoms with Gasteiger partial charge in [-0.3, -0.25) is 0 Å². The van der Waals surface area contributed by atoms with E-state index in [2.05, 4.69) is 23.6 Å². The van der Waals surface area contributed by atoms with Crippen molar-refractivity contribution in [2.24, 2.45) is 0 Å². The second kappa shape index (κ2) is 7.86. The highest BCUT2D eigenvalue weighted by atomic mass is 35.5. The number of nitrogens with one attached hydrogen (secondary N) is 2. The highest BCUT2D eigenvalue weighted by molar-refractivity contribution is 7.16. The van der Waals surface area contributed by atoms with Gasteiger partial charge in [-0.2, -0.15) is 0 Å². The molecule has 0 saturated heterocycles. The van der Waals surface area contributed by atoms with Gasteiger partial charge in [-0.15, -0.1) is 11.3 Å². The van der Waals surface area contributed by atoms with Crippen molar-refractivity contribution in [1.29, 1.82) is 0 Å². The number of hydrogen-bond acceptors (Lipinski definition) is 4. The van der Waals surface area contributed by atoms with E-state index >= 15 is 0 Å². The Hall–Kier alpha value is -0.780. The van der Waals surface area contributed by atoms with Crippen LogP contribution in [0.3, 0.4) is 0 Å². The van der Waals surface area contributed by atoms with Crippen molar-refractivity contribution in [3.05, 3.63) is 20.8 Å². The molecular formula is C17H27ClN2O2S. The van der Waals surface area contributed by atoms with E-state index < -0.39 is 5.60 Å². The van der Waals surface area contributed by atoms with Gasteiger partial charge in [-0.05, 0) is 58.1 Å². The van der Waals surface area contributed by atoms with Crippen LogP contribution in [0.2, 0.25) is 4.34 Å². The molecule has 0 radical (unpaired) electrons. The molecule has 1 aliphatic carbocycles. The van der Waals surface area contributed by atoms with Gasteiger partial charge >= 0.3 is 6.09 Å². The van der Waals surface area contributed by atoms with E-state index in [9.17, 15) is 4.79 Å². The molecule has 0 saturated carbocycles. The molecule has 1 aromatic rings. The molecule has 2 rings (SSSR count). The van der Waals surface area contributed by atoms with Gasteiger partial charge in [-0.1, -0.05) is 18.5 Å². The van der Waals surface area contributed by atoms with E-state index in [0.717, 1.165) is 30.1 Å². The number of halogens is 1. The van der Waals surface area contributed by atoms with Crippen molar-refractivity contribution in [1.82, 2.24) is 10.6 Å². The number of thiophene rings is 1. The second-order valence-electron chi connectivity index (χ2n) is 7.03. The summed E-state index contributed by atoms with van der Waals surface area (Å²) in [7, 11) is 0. The minimum atomic E-state index is -0.471. The summed E-state index contributed by atoms with van der Waals surface area (Å²) in [6.45, 7) is 8.41. The molecule has 1 aliphatic rings. The lowest BCUT2D eigenvalue weighted by atomic mass is 9.94. The lowest BCUT2D eigenvalue weighted by Gasteiger charge is -2.27. The lowest BCUT2D eigenvalue weighted by molar-refractivity contribution is 0.0501. The normalized spacial score (nSPS) is 19.1. The van der Waals surface area contributed by atoms with Crippen LogP contribution in [0, 0.1) is 0 Å². The first-order valence-corrected chi connectivity index (χ1v) is 9.49. The van der Waals surface area contributed by atoms with E-state index in [1.807, 2.05) is 20.8 Å². The summed E-state index contributed by atoms with van der Waals surface area (Å²) in [6.07, 6.45) is 3.92. The predicted molar refractivity (Wildman–Crippen MR) is 96.5 cm³/mol. The van der Waals surface area contributed by atoms with Crippen molar-refractivity contribution in [3.63, 3.8) is 0 Å². The Labute approximate surface area is 147 Å². The van der Waals surface area contributed by atoms with Gasteiger partial charge in [0.05, 0.1) is 4.34 Å². The SMILES string of the molecule is CCC(CNC1CCCc2sc(Cl)cc21)NC(=O)OC(C)(C)C. The van der Waals surface area contributed by atoms with Crippen LogP contribution in [-0.4, -0.2) is 24.3 Å². The Kier molecular flexibility index (Phi) is 6.34. The minimum absolute atomic E-state index is 0.0596. The Balaban J connectivity index is 1.87.